The number of methoxy groups -OCH3 is 1. The second-order valence-electron chi connectivity index (χ2n) is 5.69. The molecule has 3 aromatic carbocycles. The molecule has 0 heterocycles. The highest BCUT2D eigenvalue weighted by Crippen LogP contribution is 2.17. The maximum atomic E-state index is 12.0. The van der Waals surface area contributed by atoms with Crippen molar-refractivity contribution in [2.45, 2.75) is 19.1 Å². The van der Waals surface area contributed by atoms with Crippen LogP contribution in [0.1, 0.15) is 11.1 Å². The monoisotopic (exact) mass is 320 g/mol. The van der Waals surface area contributed by atoms with Gasteiger partial charge in [-0.1, -0.05) is 66.7 Å². The van der Waals surface area contributed by atoms with E-state index in [0.29, 0.717) is 13.0 Å². The minimum absolute atomic E-state index is 0.348. The summed E-state index contributed by atoms with van der Waals surface area (Å²) in [6.07, 6.45) is -0.106. The van der Waals surface area contributed by atoms with Gasteiger partial charge in [-0.05, 0) is 28.0 Å². The summed E-state index contributed by atoms with van der Waals surface area (Å²) in [6.45, 7) is 0.372. The SMILES string of the molecule is COC(=O)[C@H](Cc1ccccc1)OCc1ccc2ccccc2c1. The van der Waals surface area contributed by atoms with Crippen LogP contribution in [-0.4, -0.2) is 19.2 Å². The molecule has 1 atom stereocenters. The van der Waals surface area contributed by atoms with Crippen molar-refractivity contribution < 1.29 is 14.3 Å². The van der Waals surface area contributed by atoms with Gasteiger partial charge in [0.05, 0.1) is 13.7 Å². The van der Waals surface area contributed by atoms with E-state index in [1.807, 2.05) is 48.5 Å². The number of hydrogen-bond donors (Lipinski definition) is 0. The number of ether oxygens (including phenoxy) is 2. The summed E-state index contributed by atoms with van der Waals surface area (Å²) in [4.78, 5) is 12.0. The lowest BCUT2D eigenvalue weighted by Crippen LogP contribution is -2.28. The molecular formula is C21H20O3. The van der Waals surface area contributed by atoms with Crippen LogP contribution in [0.15, 0.2) is 72.8 Å². The maximum Gasteiger partial charge on any atom is 0.335 e. The molecule has 0 aliphatic rings. The van der Waals surface area contributed by atoms with Crippen molar-refractivity contribution >= 4 is 16.7 Å². The van der Waals surface area contributed by atoms with Crippen LogP contribution >= 0.6 is 0 Å². The van der Waals surface area contributed by atoms with E-state index in [0.717, 1.165) is 16.5 Å². The predicted octanol–water partition coefficient (Wildman–Crippen LogP) is 4.14. The minimum Gasteiger partial charge on any atom is -0.467 e. The second kappa shape index (κ2) is 7.75. The number of carbonyl (C=O) groups excluding carboxylic acids is 1. The molecule has 0 amide bonds. The summed E-state index contributed by atoms with van der Waals surface area (Å²) in [5.74, 6) is -0.348. The Kier molecular flexibility index (Phi) is 5.24. The molecule has 3 heteroatoms. The lowest BCUT2D eigenvalue weighted by Gasteiger charge is -2.16. The quantitative estimate of drug-likeness (QED) is 0.640. The van der Waals surface area contributed by atoms with Gasteiger partial charge in [-0.2, -0.15) is 0 Å². The first-order valence-corrected chi connectivity index (χ1v) is 7.97. The molecule has 0 N–H and O–H groups in total. The van der Waals surface area contributed by atoms with E-state index in [1.165, 1.54) is 12.5 Å². The van der Waals surface area contributed by atoms with Crippen molar-refractivity contribution in [2.75, 3.05) is 7.11 Å². The third kappa shape index (κ3) is 4.00. The van der Waals surface area contributed by atoms with Crippen LogP contribution in [0.5, 0.6) is 0 Å². The van der Waals surface area contributed by atoms with Crippen LogP contribution in [0.4, 0.5) is 0 Å². The molecule has 3 rings (SSSR count). The normalized spacial score (nSPS) is 12.0. The number of esters is 1. The van der Waals surface area contributed by atoms with Crippen LogP contribution in [0.3, 0.4) is 0 Å². The van der Waals surface area contributed by atoms with Gasteiger partial charge in [-0.15, -0.1) is 0 Å². The van der Waals surface area contributed by atoms with Crippen molar-refractivity contribution in [1.82, 2.24) is 0 Å². The van der Waals surface area contributed by atoms with Crippen LogP contribution in [0.2, 0.25) is 0 Å². The zero-order chi connectivity index (χ0) is 16.8. The molecule has 0 spiro atoms. The smallest absolute Gasteiger partial charge is 0.335 e. The number of rotatable bonds is 6. The molecule has 0 saturated heterocycles. The summed E-state index contributed by atoms with van der Waals surface area (Å²) in [5.41, 5.74) is 2.09. The molecule has 24 heavy (non-hydrogen) atoms. The van der Waals surface area contributed by atoms with Crippen molar-refractivity contribution in [3.63, 3.8) is 0 Å². The number of fused-ring (bicyclic) bond motifs is 1. The van der Waals surface area contributed by atoms with Gasteiger partial charge in [0.15, 0.2) is 6.10 Å². The average Bonchev–Trinajstić information content (AvgIpc) is 2.65. The predicted molar refractivity (Wildman–Crippen MR) is 94.7 cm³/mol. The third-order valence-corrected chi connectivity index (χ3v) is 3.99. The Labute approximate surface area is 141 Å². The van der Waals surface area contributed by atoms with Gasteiger partial charge in [-0.25, -0.2) is 4.79 Å². The molecule has 3 nitrogen and oxygen atoms in total. The second-order valence-corrected chi connectivity index (χ2v) is 5.69. The summed E-state index contributed by atoms with van der Waals surface area (Å²) >= 11 is 0. The summed E-state index contributed by atoms with van der Waals surface area (Å²) in [6, 6.07) is 24.2. The highest BCUT2D eigenvalue weighted by Gasteiger charge is 2.20. The zero-order valence-electron chi connectivity index (χ0n) is 13.6. The first kappa shape index (κ1) is 16.2. The van der Waals surface area contributed by atoms with E-state index in [-0.39, 0.29) is 5.97 Å². The lowest BCUT2D eigenvalue weighted by atomic mass is 10.1. The Morgan fingerprint density at radius 3 is 2.33 bits per heavy atom. The van der Waals surface area contributed by atoms with Crippen molar-refractivity contribution in [2.24, 2.45) is 0 Å². The van der Waals surface area contributed by atoms with Crippen LogP contribution in [-0.2, 0) is 27.3 Å². The molecule has 3 aromatic rings. The van der Waals surface area contributed by atoms with E-state index in [2.05, 4.69) is 24.3 Å². The van der Waals surface area contributed by atoms with E-state index in [1.54, 1.807) is 0 Å². The zero-order valence-corrected chi connectivity index (χ0v) is 13.6. The fourth-order valence-corrected chi connectivity index (χ4v) is 2.70. The molecule has 0 aliphatic carbocycles. The molecule has 0 aliphatic heterocycles. The third-order valence-electron chi connectivity index (χ3n) is 3.99. The van der Waals surface area contributed by atoms with Gasteiger partial charge < -0.3 is 9.47 Å². The van der Waals surface area contributed by atoms with E-state index in [4.69, 9.17) is 9.47 Å². The molecule has 122 valence electrons. The minimum atomic E-state index is -0.608. The Balaban J connectivity index is 1.71. The molecule has 0 saturated carbocycles. The highest BCUT2D eigenvalue weighted by atomic mass is 16.6. The summed E-state index contributed by atoms with van der Waals surface area (Å²) < 4.78 is 10.7. The van der Waals surface area contributed by atoms with Gasteiger partial charge in [0.2, 0.25) is 0 Å². The van der Waals surface area contributed by atoms with Gasteiger partial charge in [0.1, 0.15) is 0 Å². The van der Waals surface area contributed by atoms with Crippen LogP contribution < -0.4 is 0 Å². The van der Waals surface area contributed by atoms with Gasteiger partial charge in [-0.3, -0.25) is 0 Å². The fraction of sp³-hybridized carbons (Fsp3) is 0.190. The van der Waals surface area contributed by atoms with Gasteiger partial charge >= 0.3 is 5.97 Å². The van der Waals surface area contributed by atoms with Crippen molar-refractivity contribution in [1.29, 1.82) is 0 Å². The van der Waals surface area contributed by atoms with Crippen LogP contribution in [0, 0.1) is 0 Å². The Morgan fingerprint density at radius 1 is 0.875 bits per heavy atom. The highest BCUT2D eigenvalue weighted by molar-refractivity contribution is 5.83. The number of benzene rings is 3. The Hall–Kier alpha value is -2.65. The largest absolute Gasteiger partial charge is 0.467 e. The van der Waals surface area contributed by atoms with E-state index < -0.39 is 6.10 Å². The Bertz CT molecular complexity index is 811. The first-order chi connectivity index (χ1) is 11.8. The summed E-state index contributed by atoms with van der Waals surface area (Å²) in [5, 5.41) is 2.35. The topological polar surface area (TPSA) is 35.5 Å². The summed E-state index contributed by atoms with van der Waals surface area (Å²) in [7, 11) is 1.39. The molecule has 0 unspecified atom stereocenters. The van der Waals surface area contributed by atoms with Gasteiger partial charge in [0, 0.05) is 6.42 Å². The number of carbonyl (C=O) groups is 1. The molecule has 0 bridgehead atoms. The van der Waals surface area contributed by atoms with Crippen LogP contribution in [0.25, 0.3) is 10.8 Å². The lowest BCUT2D eigenvalue weighted by molar-refractivity contribution is -0.154. The molecule has 0 aromatic heterocycles. The maximum absolute atomic E-state index is 12.0. The Morgan fingerprint density at radius 2 is 1.58 bits per heavy atom. The molecule has 0 radical (unpaired) electrons. The number of hydrogen-bond acceptors (Lipinski definition) is 3. The van der Waals surface area contributed by atoms with Gasteiger partial charge in [0.25, 0.3) is 0 Å². The first-order valence-electron chi connectivity index (χ1n) is 7.97. The standard InChI is InChI=1S/C21H20O3/c1-23-21(22)20(14-16-7-3-2-4-8-16)24-15-17-11-12-18-9-5-6-10-19(18)13-17/h2-13,20H,14-15H2,1H3/t20-/m0/s1. The molecular weight excluding hydrogens is 300 g/mol. The molecule has 0 fully saturated rings. The van der Waals surface area contributed by atoms with Crippen molar-refractivity contribution in [3.8, 4) is 0 Å². The average molecular weight is 320 g/mol. The van der Waals surface area contributed by atoms with E-state index in [9.17, 15) is 4.79 Å². The fourth-order valence-electron chi connectivity index (χ4n) is 2.70. The van der Waals surface area contributed by atoms with E-state index >= 15 is 0 Å². The van der Waals surface area contributed by atoms with Crippen molar-refractivity contribution in [3.05, 3.63) is 83.9 Å².